The van der Waals surface area contributed by atoms with Crippen molar-refractivity contribution in [2.75, 3.05) is 5.73 Å². The van der Waals surface area contributed by atoms with E-state index in [0.717, 1.165) is 5.56 Å². The molecule has 2 rings (SSSR count). The first kappa shape index (κ1) is 14.6. The lowest BCUT2D eigenvalue weighted by Crippen LogP contribution is -2.14. The lowest BCUT2D eigenvalue weighted by atomic mass is 10.2. The number of anilines is 1. The molecule has 2 aromatic carbocycles. The fourth-order valence-electron chi connectivity index (χ4n) is 1.67. The number of nitrogens with two attached hydrogens (primary N) is 2. The molecule has 4 N–H and O–H groups in total. The number of hydrogen-bond acceptors (Lipinski definition) is 4. The van der Waals surface area contributed by atoms with Crippen LogP contribution in [0.4, 0.5) is 5.69 Å². The summed E-state index contributed by atoms with van der Waals surface area (Å²) in [6.07, 6.45) is 0. The van der Waals surface area contributed by atoms with Gasteiger partial charge in [0.25, 0.3) is 0 Å². The van der Waals surface area contributed by atoms with Crippen LogP contribution in [0.2, 0.25) is 5.02 Å². The third kappa shape index (κ3) is 3.22. The second kappa shape index (κ2) is 5.70. The van der Waals surface area contributed by atoms with Crippen molar-refractivity contribution in [3.05, 3.63) is 53.1 Å². The summed E-state index contributed by atoms with van der Waals surface area (Å²) in [5.41, 5.74) is 6.52. The van der Waals surface area contributed by atoms with Crippen LogP contribution in [-0.2, 0) is 16.6 Å². The highest BCUT2D eigenvalue weighted by atomic mass is 35.5. The molecular formula is C13H13ClN2O3S. The summed E-state index contributed by atoms with van der Waals surface area (Å²) in [7, 11) is -3.88. The lowest BCUT2D eigenvalue weighted by molar-refractivity contribution is 0.307. The van der Waals surface area contributed by atoms with Crippen molar-refractivity contribution >= 4 is 27.3 Å². The molecule has 5 nitrogen and oxygen atoms in total. The average Bonchev–Trinajstić information content (AvgIpc) is 2.38. The number of benzene rings is 2. The van der Waals surface area contributed by atoms with E-state index in [1.54, 1.807) is 12.1 Å². The molecule has 0 aliphatic rings. The molecule has 0 aromatic heterocycles. The molecular weight excluding hydrogens is 300 g/mol. The topological polar surface area (TPSA) is 95.4 Å². The number of halogens is 1. The molecule has 0 saturated carbocycles. The maximum absolute atomic E-state index is 11.4. The molecule has 0 amide bonds. The van der Waals surface area contributed by atoms with Crippen LogP contribution in [0, 0.1) is 0 Å². The molecule has 20 heavy (non-hydrogen) atoms. The van der Waals surface area contributed by atoms with Crippen LogP contribution < -0.4 is 15.6 Å². The first-order valence-corrected chi connectivity index (χ1v) is 7.59. The number of para-hydroxylation sites is 1. The predicted molar refractivity (Wildman–Crippen MR) is 78.0 cm³/mol. The van der Waals surface area contributed by atoms with Gasteiger partial charge in [0.05, 0.1) is 5.69 Å². The summed E-state index contributed by atoms with van der Waals surface area (Å²) < 4.78 is 28.2. The Morgan fingerprint density at radius 2 is 1.80 bits per heavy atom. The van der Waals surface area contributed by atoms with Gasteiger partial charge in [-0.1, -0.05) is 35.9 Å². The summed E-state index contributed by atoms with van der Waals surface area (Å²) in [6.45, 7) is 0.179. The molecule has 0 fully saturated rings. The Balaban J connectivity index is 2.25. The minimum atomic E-state index is -3.88. The van der Waals surface area contributed by atoms with Gasteiger partial charge >= 0.3 is 0 Å². The van der Waals surface area contributed by atoms with E-state index in [0.29, 0.717) is 5.02 Å². The van der Waals surface area contributed by atoms with Crippen LogP contribution in [0.1, 0.15) is 5.56 Å². The molecule has 2 aromatic rings. The zero-order valence-electron chi connectivity index (χ0n) is 10.4. The van der Waals surface area contributed by atoms with Gasteiger partial charge in [-0.05, 0) is 18.2 Å². The Bertz CT molecular complexity index is 732. The van der Waals surface area contributed by atoms with E-state index >= 15 is 0 Å². The van der Waals surface area contributed by atoms with Crippen molar-refractivity contribution in [2.24, 2.45) is 5.14 Å². The van der Waals surface area contributed by atoms with Crippen LogP contribution in [0.3, 0.4) is 0 Å². The number of primary sulfonamides is 1. The number of hydrogen-bond donors (Lipinski definition) is 2. The maximum atomic E-state index is 11.4. The summed E-state index contributed by atoms with van der Waals surface area (Å²) in [5.74, 6) is 0.247. The highest BCUT2D eigenvalue weighted by Gasteiger charge is 2.15. The van der Waals surface area contributed by atoms with E-state index in [-0.39, 0.29) is 22.9 Å². The monoisotopic (exact) mass is 312 g/mol. The molecule has 0 atom stereocenters. The van der Waals surface area contributed by atoms with Gasteiger partial charge < -0.3 is 10.5 Å². The van der Waals surface area contributed by atoms with Gasteiger partial charge in [-0.15, -0.1) is 0 Å². The van der Waals surface area contributed by atoms with Crippen molar-refractivity contribution in [2.45, 2.75) is 11.5 Å². The molecule has 106 valence electrons. The zero-order chi connectivity index (χ0) is 14.8. The van der Waals surface area contributed by atoms with E-state index in [4.69, 9.17) is 27.2 Å². The van der Waals surface area contributed by atoms with Gasteiger partial charge in [0.2, 0.25) is 10.0 Å². The van der Waals surface area contributed by atoms with Gasteiger partial charge in [0.1, 0.15) is 17.3 Å². The van der Waals surface area contributed by atoms with Crippen molar-refractivity contribution in [3.8, 4) is 5.75 Å². The third-order valence-corrected chi connectivity index (χ3v) is 4.01. The van der Waals surface area contributed by atoms with Gasteiger partial charge in [-0.25, -0.2) is 13.6 Å². The Morgan fingerprint density at radius 1 is 1.10 bits per heavy atom. The van der Waals surface area contributed by atoms with Gasteiger partial charge in [0, 0.05) is 10.6 Å². The van der Waals surface area contributed by atoms with E-state index in [2.05, 4.69) is 0 Å². The van der Waals surface area contributed by atoms with E-state index in [9.17, 15) is 8.42 Å². The quantitative estimate of drug-likeness (QED) is 0.845. The van der Waals surface area contributed by atoms with Gasteiger partial charge in [0.15, 0.2) is 0 Å². The number of rotatable bonds is 4. The normalized spacial score (nSPS) is 11.3. The molecule has 0 saturated heterocycles. The SMILES string of the molecule is Nc1c(OCc2ccccc2Cl)cccc1S(N)(=O)=O. The molecule has 0 unspecified atom stereocenters. The molecule has 0 heterocycles. The fourth-order valence-corrected chi connectivity index (χ4v) is 2.53. The van der Waals surface area contributed by atoms with Gasteiger partial charge in [-0.3, -0.25) is 0 Å². The zero-order valence-corrected chi connectivity index (χ0v) is 12.0. The summed E-state index contributed by atoms with van der Waals surface area (Å²) >= 11 is 6.01. The van der Waals surface area contributed by atoms with Gasteiger partial charge in [-0.2, -0.15) is 0 Å². The highest BCUT2D eigenvalue weighted by Crippen LogP contribution is 2.29. The van der Waals surface area contributed by atoms with Crippen LogP contribution in [0.5, 0.6) is 5.75 Å². The lowest BCUT2D eigenvalue weighted by Gasteiger charge is -2.12. The second-order valence-electron chi connectivity index (χ2n) is 4.09. The van der Waals surface area contributed by atoms with Crippen molar-refractivity contribution in [1.29, 1.82) is 0 Å². The molecule has 0 aliphatic carbocycles. The molecule has 0 spiro atoms. The first-order chi connectivity index (χ1) is 9.39. The van der Waals surface area contributed by atoms with E-state index in [1.165, 1.54) is 12.1 Å². The third-order valence-electron chi connectivity index (χ3n) is 2.67. The van der Waals surface area contributed by atoms with E-state index in [1.807, 2.05) is 18.2 Å². The van der Waals surface area contributed by atoms with Crippen LogP contribution in [0.15, 0.2) is 47.4 Å². The Hall–Kier alpha value is -1.76. The Labute approximate surface area is 122 Å². The average molecular weight is 313 g/mol. The maximum Gasteiger partial charge on any atom is 0.240 e. The Kier molecular flexibility index (Phi) is 4.17. The summed E-state index contributed by atoms with van der Waals surface area (Å²) in [6, 6.07) is 11.6. The number of sulfonamides is 1. The summed E-state index contributed by atoms with van der Waals surface area (Å²) in [4.78, 5) is -0.158. The fraction of sp³-hybridized carbons (Fsp3) is 0.0769. The van der Waals surface area contributed by atoms with Crippen molar-refractivity contribution in [3.63, 3.8) is 0 Å². The van der Waals surface area contributed by atoms with Crippen LogP contribution in [-0.4, -0.2) is 8.42 Å². The molecule has 0 radical (unpaired) electrons. The molecule has 0 bridgehead atoms. The predicted octanol–water partition coefficient (Wildman–Crippen LogP) is 2.15. The van der Waals surface area contributed by atoms with Crippen LogP contribution in [0.25, 0.3) is 0 Å². The first-order valence-electron chi connectivity index (χ1n) is 5.67. The highest BCUT2D eigenvalue weighted by molar-refractivity contribution is 7.89. The Morgan fingerprint density at radius 3 is 2.45 bits per heavy atom. The molecule has 0 aliphatic heterocycles. The standard InChI is InChI=1S/C13H13ClN2O3S/c14-10-5-2-1-4-9(10)8-19-11-6-3-7-12(13(11)15)20(16,17)18/h1-7H,8,15H2,(H2,16,17,18). The minimum Gasteiger partial charge on any atom is -0.487 e. The number of ether oxygens (including phenoxy) is 1. The molecule has 7 heteroatoms. The largest absolute Gasteiger partial charge is 0.487 e. The van der Waals surface area contributed by atoms with Crippen molar-refractivity contribution < 1.29 is 13.2 Å². The van der Waals surface area contributed by atoms with Crippen LogP contribution >= 0.6 is 11.6 Å². The minimum absolute atomic E-state index is 0.0120. The summed E-state index contributed by atoms with van der Waals surface area (Å²) in [5, 5.41) is 5.64. The number of nitrogen functional groups attached to an aromatic ring is 1. The smallest absolute Gasteiger partial charge is 0.240 e. The van der Waals surface area contributed by atoms with Crippen molar-refractivity contribution in [1.82, 2.24) is 0 Å². The van der Waals surface area contributed by atoms with E-state index < -0.39 is 10.0 Å². The second-order valence-corrected chi connectivity index (χ2v) is 6.03.